The fraction of sp³-hybridized carbons (Fsp3) is 0.417. The van der Waals surface area contributed by atoms with Crippen LogP contribution in [0.3, 0.4) is 0 Å². The number of ether oxygens (including phenoxy) is 1. The van der Waals surface area contributed by atoms with Crippen LogP contribution in [0.2, 0.25) is 0 Å². The van der Waals surface area contributed by atoms with Crippen molar-refractivity contribution in [1.82, 2.24) is 0 Å². The van der Waals surface area contributed by atoms with Crippen LogP contribution in [-0.2, 0) is 4.74 Å². The molecule has 15 heavy (non-hydrogen) atoms. The summed E-state index contributed by atoms with van der Waals surface area (Å²) in [4.78, 5) is 12.3. The van der Waals surface area contributed by atoms with Crippen molar-refractivity contribution in [2.45, 2.75) is 24.0 Å². The Labute approximate surface area is 95.0 Å². The Kier molecular flexibility index (Phi) is 4.85. The van der Waals surface area contributed by atoms with E-state index in [1.165, 1.54) is 0 Å². The standard InChI is InChI=1S/C12H16O2S/c1-9(8-14-3)15-12-6-4-5-11(7-12)10(2)13/h4-7,9H,8H2,1-3H3. The fourth-order valence-electron chi connectivity index (χ4n) is 1.29. The predicted octanol–water partition coefficient (Wildman–Crippen LogP) is 3.02. The van der Waals surface area contributed by atoms with Gasteiger partial charge in [0, 0.05) is 22.8 Å². The van der Waals surface area contributed by atoms with Crippen LogP contribution >= 0.6 is 11.8 Å². The molecule has 1 unspecified atom stereocenters. The smallest absolute Gasteiger partial charge is 0.159 e. The number of carbonyl (C=O) groups excluding carboxylic acids is 1. The maximum atomic E-state index is 11.2. The van der Waals surface area contributed by atoms with Crippen LogP contribution < -0.4 is 0 Å². The number of thioether (sulfide) groups is 1. The van der Waals surface area contributed by atoms with Crippen molar-refractivity contribution in [3.05, 3.63) is 29.8 Å². The van der Waals surface area contributed by atoms with E-state index < -0.39 is 0 Å². The van der Waals surface area contributed by atoms with Gasteiger partial charge in [-0.15, -0.1) is 11.8 Å². The summed E-state index contributed by atoms with van der Waals surface area (Å²) in [5.41, 5.74) is 0.768. The Balaban J connectivity index is 2.69. The van der Waals surface area contributed by atoms with Crippen LogP contribution in [0.15, 0.2) is 29.2 Å². The van der Waals surface area contributed by atoms with Gasteiger partial charge in [0.05, 0.1) is 6.61 Å². The van der Waals surface area contributed by atoms with E-state index in [1.807, 2.05) is 24.3 Å². The highest BCUT2D eigenvalue weighted by atomic mass is 32.2. The quantitative estimate of drug-likeness (QED) is 0.568. The van der Waals surface area contributed by atoms with Crippen molar-refractivity contribution in [2.24, 2.45) is 0 Å². The molecule has 0 N–H and O–H groups in total. The maximum Gasteiger partial charge on any atom is 0.159 e. The second-order valence-electron chi connectivity index (χ2n) is 3.47. The summed E-state index contributed by atoms with van der Waals surface area (Å²) in [7, 11) is 1.70. The SMILES string of the molecule is COCC(C)Sc1cccc(C(C)=O)c1. The van der Waals surface area contributed by atoms with Crippen molar-refractivity contribution in [2.75, 3.05) is 13.7 Å². The molecule has 1 aromatic rings. The van der Waals surface area contributed by atoms with Crippen molar-refractivity contribution in [3.63, 3.8) is 0 Å². The van der Waals surface area contributed by atoms with Crippen LogP contribution in [0, 0.1) is 0 Å². The predicted molar refractivity (Wildman–Crippen MR) is 63.6 cm³/mol. The molecular weight excluding hydrogens is 208 g/mol. The van der Waals surface area contributed by atoms with E-state index in [1.54, 1.807) is 25.8 Å². The molecule has 3 heteroatoms. The van der Waals surface area contributed by atoms with E-state index >= 15 is 0 Å². The Bertz CT molecular complexity index is 336. The lowest BCUT2D eigenvalue weighted by atomic mass is 10.2. The van der Waals surface area contributed by atoms with Gasteiger partial charge >= 0.3 is 0 Å². The molecule has 0 aliphatic carbocycles. The third-order valence-corrected chi connectivity index (χ3v) is 3.04. The van der Waals surface area contributed by atoms with Gasteiger partial charge < -0.3 is 4.74 Å². The highest BCUT2D eigenvalue weighted by Gasteiger charge is 2.05. The number of methoxy groups -OCH3 is 1. The number of rotatable bonds is 5. The molecule has 1 atom stereocenters. The van der Waals surface area contributed by atoms with Crippen LogP contribution in [0.1, 0.15) is 24.2 Å². The number of ketones is 1. The Morgan fingerprint density at radius 3 is 2.87 bits per heavy atom. The molecule has 0 aliphatic heterocycles. The molecule has 0 bridgehead atoms. The molecule has 0 amide bonds. The molecule has 0 aromatic heterocycles. The summed E-state index contributed by atoms with van der Waals surface area (Å²) in [6.07, 6.45) is 0. The minimum Gasteiger partial charge on any atom is -0.384 e. The molecule has 82 valence electrons. The largest absolute Gasteiger partial charge is 0.384 e. The zero-order chi connectivity index (χ0) is 11.3. The molecule has 0 spiro atoms. The van der Waals surface area contributed by atoms with E-state index in [9.17, 15) is 4.79 Å². The molecule has 1 aromatic carbocycles. The van der Waals surface area contributed by atoms with E-state index in [4.69, 9.17) is 4.74 Å². The van der Waals surface area contributed by atoms with Gasteiger partial charge in [-0.2, -0.15) is 0 Å². The maximum absolute atomic E-state index is 11.2. The van der Waals surface area contributed by atoms with Gasteiger partial charge in [-0.3, -0.25) is 4.79 Å². The highest BCUT2D eigenvalue weighted by Crippen LogP contribution is 2.24. The first kappa shape index (κ1) is 12.3. The Morgan fingerprint density at radius 1 is 1.53 bits per heavy atom. The summed E-state index contributed by atoms with van der Waals surface area (Å²) >= 11 is 1.72. The van der Waals surface area contributed by atoms with E-state index in [0.717, 1.165) is 17.1 Å². The van der Waals surface area contributed by atoms with Gasteiger partial charge in [-0.1, -0.05) is 19.1 Å². The first-order valence-electron chi connectivity index (χ1n) is 4.90. The third-order valence-electron chi connectivity index (χ3n) is 1.98. The summed E-state index contributed by atoms with van der Waals surface area (Å²) < 4.78 is 5.07. The summed E-state index contributed by atoms with van der Waals surface area (Å²) in [6, 6.07) is 7.70. The van der Waals surface area contributed by atoms with Crippen molar-refractivity contribution in [1.29, 1.82) is 0 Å². The first-order valence-corrected chi connectivity index (χ1v) is 5.78. The lowest BCUT2D eigenvalue weighted by Gasteiger charge is -2.10. The van der Waals surface area contributed by atoms with Crippen LogP contribution in [0.25, 0.3) is 0 Å². The van der Waals surface area contributed by atoms with Gasteiger partial charge in [0.25, 0.3) is 0 Å². The summed E-state index contributed by atoms with van der Waals surface area (Å²) in [5, 5.41) is 0.400. The van der Waals surface area contributed by atoms with E-state index in [2.05, 4.69) is 6.92 Å². The summed E-state index contributed by atoms with van der Waals surface area (Å²) in [5.74, 6) is 0.108. The number of hydrogen-bond donors (Lipinski definition) is 0. The molecule has 0 fully saturated rings. The Hall–Kier alpha value is -0.800. The Morgan fingerprint density at radius 2 is 2.27 bits per heavy atom. The lowest BCUT2D eigenvalue weighted by Crippen LogP contribution is -2.04. The number of Topliss-reactive ketones (excluding diaryl/α,β-unsaturated/α-hetero) is 1. The first-order chi connectivity index (χ1) is 7.13. The van der Waals surface area contributed by atoms with Crippen molar-refractivity contribution in [3.8, 4) is 0 Å². The zero-order valence-electron chi connectivity index (χ0n) is 9.32. The van der Waals surface area contributed by atoms with Crippen molar-refractivity contribution >= 4 is 17.5 Å². The van der Waals surface area contributed by atoms with Crippen LogP contribution in [0.4, 0.5) is 0 Å². The molecule has 2 nitrogen and oxygen atoms in total. The highest BCUT2D eigenvalue weighted by molar-refractivity contribution is 8.00. The molecule has 0 heterocycles. The molecule has 0 radical (unpaired) electrons. The number of carbonyl (C=O) groups is 1. The van der Waals surface area contributed by atoms with E-state index in [0.29, 0.717) is 5.25 Å². The lowest BCUT2D eigenvalue weighted by molar-refractivity contribution is 0.101. The van der Waals surface area contributed by atoms with Gasteiger partial charge in [0.2, 0.25) is 0 Å². The third kappa shape index (κ3) is 4.06. The summed E-state index contributed by atoms with van der Waals surface area (Å²) in [6.45, 7) is 4.41. The van der Waals surface area contributed by atoms with Gasteiger partial charge in [0.15, 0.2) is 5.78 Å². The number of benzene rings is 1. The molecule has 1 rings (SSSR count). The normalized spacial score (nSPS) is 12.5. The van der Waals surface area contributed by atoms with Gasteiger partial charge in [0.1, 0.15) is 0 Å². The van der Waals surface area contributed by atoms with E-state index in [-0.39, 0.29) is 5.78 Å². The number of hydrogen-bond acceptors (Lipinski definition) is 3. The average Bonchev–Trinajstić information content (AvgIpc) is 2.18. The molecule has 0 saturated heterocycles. The average molecular weight is 224 g/mol. The fourth-order valence-corrected chi connectivity index (χ4v) is 2.31. The molecular formula is C12H16O2S. The minimum absolute atomic E-state index is 0.108. The zero-order valence-corrected chi connectivity index (χ0v) is 10.1. The second-order valence-corrected chi connectivity index (χ2v) is 4.98. The van der Waals surface area contributed by atoms with Crippen LogP contribution in [0.5, 0.6) is 0 Å². The van der Waals surface area contributed by atoms with Gasteiger partial charge in [-0.05, 0) is 19.1 Å². The van der Waals surface area contributed by atoms with Crippen molar-refractivity contribution < 1.29 is 9.53 Å². The molecule has 0 aliphatic rings. The topological polar surface area (TPSA) is 26.3 Å². The van der Waals surface area contributed by atoms with Gasteiger partial charge in [-0.25, -0.2) is 0 Å². The van der Waals surface area contributed by atoms with Crippen LogP contribution in [-0.4, -0.2) is 24.7 Å². The minimum atomic E-state index is 0.108. The monoisotopic (exact) mass is 224 g/mol. The second kappa shape index (κ2) is 5.93. The molecule has 0 saturated carbocycles.